The van der Waals surface area contributed by atoms with Gasteiger partial charge in [0.05, 0.1) is 17.5 Å². The maximum atomic E-state index is 14.7. The Kier molecular flexibility index (Phi) is 5.76. The van der Waals surface area contributed by atoms with Crippen molar-refractivity contribution < 1.29 is 14.6 Å². The van der Waals surface area contributed by atoms with E-state index in [0.29, 0.717) is 35.2 Å². The van der Waals surface area contributed by atoms with Gasteiger partial charge in [-0.1, -0.05) is 42.9 Å². The fourth-order valence-corrected chi connectivity index (χ4v) is 4.35. The van der Waals surface area contributed by atoms with Crippen LogP contribution in [0.5, 0.6) is 5.88 Å². The molecule has 0 saturated heterocycles. The van der Waals surface area contributed by atoms with Crippen molar-refractivity contribution >= 4 is 27.9 Å². The average molecular weight is 399 g/mol. The van der Waals surface area contributed by atoms with Crippen LogP contribution in [0, 0.1) is 5.82 Å². The van der Waals surface area contributed by atoms with Gasteiger partial charge < -0.3 is 10.2 Å². The minimum Gasteiger partial charge on any atom is -0.492 e. The van der Waals surface area contributed by atoms with Gasteiger partial charge in [0.25, 0.3) is 0 Å². The number of aliphatic hydroxyl groups is 1. The number of fused-ring (bicyclic) bond motifs is 1. The van der Waals surface area contributed by atoms with E-state index in [4.69, 9.17) is 11.6 Å². The van der Waals surface area contributed by atoms with Gasteiger partial charge in [-0.2, -0.15) is 4.52 Å². The number of likely N-dealkylation sites (N-methyl/N-ethyl adjacent to an activating group) is 1. The standard InChI is InChI=1S/C17H20ClFN4O2S/c1-3-12-20-17-23(21-12)16(25)15(26-17)14(22(4-2)8-9-24)13-10(18)6-5-7-11(13)19/h5-7,14,24-25H,3-4,8-9H2,1-2H3. The van der Waals surface area contributed by atoms with Gasteiger partial charge >= 0.3 is 0 Å². The molecule has 3 rings (SSSR count). The number of hydrogen-bond donors (Lipinski definition) is 2. The van der Waals surface area contributed by atoms with Gasteiger partial charge in [-0.25, -0.2) is 9.37 Å². The third kappa shape index (κ3) is 3.29. The molecule has 2 aromatic heterocycles. The van der Waals surface area contributed by atoms with E-state index in [1.165, 1.54) is 28.0 Å². The summed E-state index contributed by atoms with van der Waals surface area (Å²) < 4.78 is 16.0. The van der Waals surface area contributed by atoms with Crippen LogP contribution in [-0.4, -0.2) is 49.4 Å². The van der Waals surface area contributed by atoms with Crippen molar-refractivity contribution in [2.45, 2.75) is 26.3 Å². The number of benzene rings is 1. The molecule has 0 aliphatic carbocycles. The quantitative estimate of drug-likeness (QED) is 0.639. The summed E-state index contributed by atoms with van der Waals surface area (Å²) in [6, 6.07) is 3.84. The molecule has 140 valence electrons. The molecule has 0 amide bonds. The molecule has 9 heteroatoms. The number of halogens is 2. The van der Waals surface area contributed by atoms with Crippen molar-refractivity contribution in [3.63, 3.8) is 0 Å². The van der Waals surface area contributed by atoms with E-state index in [2.05, 4.69) is 10.1 Å². The minimum absolute atomic E-state index is 0.0853. The molecule has 1 unspecified atom stereocenters. The molecule has 0 aliphatic rings. The Labute approximate surface area is 159 Å². The Morgan fingerprint density at radius 2 is 2.15 bits per heavy atom. The van der Waals surface area contributed by atoms with Crippen molar-refractivity contribution in [3.05, 3.63) is 45.3 Å². The molecule has 1 aromatic carbocycles. The van der Waals surface area contributed by atoms with E-state index in [1.54, 1.807) is 6.07 Å². The molecule has 0 saturated carbocycles. The third-order valence-electron chi connectivity index (χ3n) is 4.24. The first-order chi connectivity index (χ1) is 12.5. The predicted molar refractivity (Wildman–Crippen MR) is 99.5 cm³/mol. The first-order valence-electron chi connectivity index (χ1n) is 8.37. The second-order valence-corrected chi connectivity index (χ2v) is 7.17. The number of hydrogen-bond acceptors (Lipinski definition) is 6. The lowest BCUT2D eigenvalue weighted by Gasteiger charge is -2.30. The largest absolute Gasteiger partial charge is 0.492 e. The highest BCUT2D eigenvalue weighted by atomic mass is 35.5. The SMILES string of the molecule is CCc1nc2sc(C(c3c(F)cccc3Cl)N(CC)CCO)c(O)n2n1. The molecule has 0 spiro atoms. The molecule has 0 radical (unpaired) electrons. The number of thiazole rings is 1. The smallest absolute Gasteiger partial charge is 0.230 e. The summed E-state index contributed by atoms with van der Waals surface area (Å²) in [4.78, 5) is 7.26. The van der Waals surface area contributed by atoms with E-state index in [9.17, 15) is 14.6 Å². The summed E-state index contributed by atoms with van der Waals surface area (Å²) in [5.74, 6) is 0.0747. The zero-order valence-corrected chi connectivity index (χ0v) is 16.1. The number of aryl methyl sites for hydroxylation is 1. The van der Waals surface area contributed by atoms with Gasteiger partial charge in [0.15, 0.2) is 5.82 Å². The van der Waals surface area contributed by atoms with Crippen LogP contribution in [0.25, 0.3) is 4.96 Å². The van der Waals surface area contributed by atoms with Crippen molar-refractivity contribution in [2.75, 3.05) is 19.7 Å². The Bertz CT molecular complexity index is 893. The summed E-state index contributed by atoms with van der Waals surface area (Å²) in [7, 11) is 0. The number of nitrogens with zero attached hydrogens (tertiary/aromatic N) is 4. The van der Waals surface area contributed by atoms with Gasteiger partial charge in [-0.05, 0) is 18.7 Å². The summed E-state index contributed by atoms with van der Waals surface area (Å²) >= 11 is 7.54. The first kappa shape index (κ1) is 19.0. The van der Waals surface area contributed by atoms with E-state index in [1.807, 2.05) is 18.7 Å². The van der Waals surface area contributed by atoms with Gasteiger partial charge in [0.2, 0.25) is 10.8 Å². The Morgan fingerprint density at radius 3 is 2.73 bits per heavy atom. The summed E-state index contributed by atoms with van der Waals surface area (Å²) in [5, 5.41) is 24.7. The molecular formula is C17H20ClFN4O2S. The lowest BCUT2D eigenvalue weighted by atomic mass is 10.0. The van der Waals surface area contributed by atoms with Crippen LogP contribution in [0.2, 0.25) is 5.02 Å². The molecule has 3 aromatic rings. The van der Waals surface area contributed by atoms with Crippen molar-refractivity contribution in [3.8, 4) is 5.88 Å². The van der Waals surface area contributed by atoms with Crippen LogP contribution >= 0.6 is 22.9 Å². The normalized spacial score (nSPS) is 13.0. The predicted octanol–water partition coefficient (Wildman–Crippen LogP) is 3.25. The van der Waals surface area contributed by atoms with Crippen molar-refractivity contribution in [2.24, 2.45) is 0 Å². The number of aliphatic hydroxyl groups excluding tert-OH is 1. The Balaban J connectivity index is 2.20. The topological polar surface area (TPSA) is 73.9 Å². The van der Waals surface area contributed by atoms with Crippen LogP contribution in [0.4, 0.5) is 4.39 Å². The molecule has 1 atom stereocenters. The van der Waals surface area contributed by atoms with Crippen LogP contribution in [0.15, 0.2) is 18.2 Å². The molecular weight excluding hydrogens is 379 g/mol. The fourth-order valence-electron chi connectivity index (χ4n) is 2.97. The highest BCUT2D eigenvalue weighted by Crippen LogP contribution is 2.42. The third-order valence-corrected chi connectivity index (χ3v) is 5.64. The maximum Gasteiger partial charge on any atom is 0.230 e. The van der Waals surface area contributed by atoms with Crippen LogP contribution < -0.4 is 0 Å². The maximum absolute atomic E-state index is 14.7. The second kappa shape index (κ2) is 7.87. The number of rotatable bonds is 7. The zero-order valence-electron chi connectivity index (χ0n) is 14.5. The van der Waals surface area contributed by atoms with Gasteiger partial charge in [0.1, 0.15) is 5.82 Å². The molecule has 0 aliphatic heterocycles. The Hall–Kier alpha value is -1.74. The number of aromatic hydroxyl groups is 1. The minimum atomic E-state index is -0.653. The molecule has 6 nitrogen and oxygen atoms in total. The van der Waals surface area contributed by atoms with E-state index >= 15 is 0 Å². The first-order valence-corrected chi connectivity index (χ1v) is 9.57. The van der Waals surface area contributed by atoms with Crippen LogP contribution in [0.3, 0.4) is 0 Å². The molecule has 2 heterocycles. The lowest BCUT2D eigenvalue weighted by Crippen LogP contribution is -2.32. The average Bonchev–Trinajstić information content (AvgIpc) is 3.16. The van der Waals surface area contributed by atoms with Gasteiger partial charge in [-0.15, -0.1) is 5.10 Å². The summed E-state index contributed by atoms with van der Waals surface area (Å²) in [5.41, 5.74) is 0.264. The van der Waals surface area contributed by atoms with E-state index in [-0.39, 0.29) is 23.1 Å². The monoisotopic (exact) mass is 398 g/mol. The van der Waals surface area contributed by atoms with E-state index < -0.39 is 11.9 Å². The van der Waals surface area contributed by atoms with Crippen molar-refractivity contribution in [1.82, 2.24) is 19.5 Å². The van der Waals surface area contributed by atoms with Gasteiger partial charge in [-0.3, -0.25) is 4.90 Å². The molecule has 0 bridgehead atoms. The Morgan fingerprint density at radius 1 is 1.38 bits per heavy atom. The van der Waals surface area contributed by atoms with Gasteiger partial charge in [0, 0.05) is 23.6 Å². The number of aromatic nitrogens is 3. The summed E-state index contributed by atoms with van der Waals surface area (Å²) in [6.45, 7) is 4.57. The van der Waals surface area contributed by atoms with E-state index in [0.717, 1.165) is 0 Å². The summed E-state index contributed by atoms with van der Waals surface area (Å²) in [6.07, 6.45) is 0.650. The second-order valence-electron chi connectivity index (χ2n) is 5.76. The van der Waals surface area contributed by atoms with Crippen LogP contribution in [0.1, 0.15) is 36.2 Å². The van der Waals surface area contributed by atoms with Crippen molar-refractivity contribution in [1.29, 1.82) is 0 Å². The molecule has 26 heavy (non-hydrogen) atoms. The fraction of sp³-hybridized carbons (Fsp3) is 0.412. The molecule has 2 N–H and O–H groups in total. The van der Waals surface area contributed by atoms with Crippen LogP contribution in [-0.2, 0) is 6.42 Å². The molecule has 0 fully saturated rings. The lowest BCUT2D eigenvalue weighted by molar-refractivity contribution is 0.172. The highest BCUT2D eigenvalue weighted by Gasteiger charge is 2.32. The highest BCUT2D eigenvalue weighted by molar-refractivity contribution is 7.17. The zero-order chi connectivity index (χ0) is 18.8.